The average molecular weight is 311 g/mol. The number of nitrogens with zero attached hydrogens (tertiary/aromatic N) is 2. The van der Waals surface area contributed by atoms with Gasteiger partial charge in [0.05, 0.1) is 13.2 Å². The summed E-state index contributed by atoms with van der Waals surface area (Å²) in [5.74, 6) is 0.0688. The van der Waals surface area contributed by atoms with Gasteiger partial charge in [0.15, 0.2) is 12.5 Å². The highest BCUT2D eigenvalue weighted by Crippen LogP contribution is 2.19. The van der Waals surface area contributed by atoms with Crippen molar-refractivity contribution in [3.05, 3.63) is 22.7 Å². The number of rotatable bonds is 7. The Morgan fingerprint density at radius 2 is 2.36 bits per heavy atom. The molecule has 2 atom stereocenters. The van der Waals surface area contributed by atoms with E-state index in [1.54, 1.807) is 0 Å². The van der Waals surface area contributed by atoms with E-state index >= 15 is 0 Å². The minimum absolute atomic E-state index is 0.154. The van der Waals surface area contributed by atoms with Crippen LogP contribution in [0.25, 0.3) is 0 Å². The van der Waals surface area contributed by atoms with Crippen molar-refractivity contribution in [3.63, 3.8) is 0 Å². The fraction of sp³-hybridized carbons (Fsp3) is 0.643. The molecule has 1 fully saturated rings. The second kappa shape index (κ2) is 8.02. The van der Waals surface area contributed by atoms with Crippen molar-refractivity contribution >= 4 is 11.7 Å². The Labute approximate surface area is 128 Å². The number of aliphatic hydroxyl groups excluding tert-OH is 1. The lowest BCUT2D eigenvalue weighted by Gasteiger charge is -2.12. The molecule has 2 rings (SSSR count). The highest BCUT2D eigenvalue weighted by atomic mass is 16.7. The van der Waals surface area contributed by atoms with Gasteiger partial charge in [-0.2, -0.15) is 4.98 Å². The van der Waals surface area contributed by atoms with Crippen molar-refractivity contribution in [1.29, 1.82) is 0 Å². The highest BCUT2D eigenvalue weighted by Gasteiger charge is 2.27. The largest absolute Gasteiger partial charge is 0.391 e. The number of amides is 1. The van der Waals surface area contributed by atoms with Crippen molar-refractivity contribution in [2.45, 2.75) is 45.1 Å². The first-order valence-electron chi connectivity index (χ1n) is 7.41. The number of anilines is 1. The molecule has 8 nitrogen and oxygen atoms in total. The number of unbranched alkanes of at least 4 members (excludes halogenated alkanes) is 2. The first-order valence-corrected chi connectivity index (χ1v) is 7.41. The molecule has 22 heavy (non-hydrogen) atoms. The average Bonchev–Trinajstić information content (AvgIpc) is 2.96. The van der Waals surface area contributed by atoms with Crippen molar-refractivity contribution in [2.75, 3.05) is 18.5 Å². The SMILES string of the molecule is CCCCCC(=O)Nc1ccn([C@@H]2CO[C@H](CO)O2)c(=O)n1. The van der Waals surface area contributed by atoms with Crippen LogP contribution >= 0.6 is 0 Å². The molecule has 0 spiro atoms. The van der Waals surface area contributed by atoms with Gasteiger partial charge < -0.3 is 19.9 Å². The molecule has 122 valence electrons. The number of hydrogen-bond donors (Lipinski definition) is 2. The van der Waals surface area contributed by atoms with Gasteiger partial charge >= 0.3 is 5.69 Å². The van der Waals surface area contributed by atoms with E-state index < -0.39 is 18.2 Å². The van der Waals surface area contributed by atoms with Gasteiger partial charge in [-0.15, -0.1) is 0 Å². The lowest BCUT2D eigenvalue weighted by Crippen LogP contribution is -2.29. The van der Waals surface area contributed by atoms with Crippen LogP contribution in [0.3, 0.4) is 0 Å². The molecular weight excluding hydrogens is 290 g/mol. The molecule has 1 aromatic rings. The number of carbonyl (C=O) groups excluding carboxylic acids is 1. The zero-order valence-electron chi connectivity index (χ0n) is 12.5. The quantitative estimate of drug-likeness (QED) is 0.716. The fourth-order valence-corrected chi connectivity index (χ4v) is 2.13. The summed E-state index contributed by atoms with van der Waals surface area (Å²) in [7, 11) is 0. The molecule has 0 radical (unpaired) electrons. The van der Waals surface area contributed by atoms with Crippen molar-refractivity contribution in [1.82, 2.24) is 9.55 Å². The molecule has 0 saturated carbocycles. The van der Waals surface area contributed by atoms with Crippen LogP contribution in [0, 0.1) is 0 Å². The Kier molecular flexibility index (Phi) is 6.05. The summed E-state index contributed by atoms with van der Waals surface area (Å²) in [5.41, 5.74) is -0.543. The van der Waals surface area contributed by atoms with Gasteiger partial charge in [-0.1, -0.05) is 19.8 Å². The Morgan fingerprint density at radius 3 is 3.00 bits per heavy atom. The molecule has 1 aromatic heterocycles. The summed E-state index contributed by atoms with van der Waals surface area (Å²) in [5, 5.41) is 11.5. The maximum Gasteiger partial charge on any atom is 0.351 e. The van der Waals surface area contributed by atoms with Gasteiger partial charge in [-0.25, -0.2) is 4.79 Å². The summed E-state index contributed by atoms with van der Waals surface area (Å²) in [6.45, 7) is 1.95. The molecule has 2 N–H and O–H groups in total. The van der Waals surface area contributed by atoms with Crippen LogP contribution in [0.2, 0.25) is 0 Å². The monoisotopic (exact) mass is 311 g/mol. The molecule has 1 saturated heterocycles. The molecule has 1 amide bonds. The van der Waals surface area contributed by atoms with Gasteiger partial charge in [0.25, 0.3) is 0 Å². The van der Waals surface area contributed by atoms with Crippen molar-refractivity contribution in [2.24, 2.45) is 0 Å². The molecule has 8 heteroatoms. The Bertz CT molecular complexity index is 560. The fourth-order valence-electron chi connectivity index (χ4n) is 2.13. The number of aliphatic hydroxyl groups is 1. The van der Waals surface area contributed by atoms with Crippen LogP contribution in [0.1, 0.15) is 38.8 Å². The zero-order chi connectivity index (χ0) is 15.9. The molecular formula is C14H21N3O5. The molecule has 0 unspecified atom stereocenters. The van der Waals surface area contributed by atoms with E-state index in [0.717, 1.165) is 19.3 Å². The molecule has 0 aromatic carbocycles. The minimum Gasteiger partial charge on any atom is -0.391 e. The van der Waals surface area contributed by atoms with Gasteiger partial charge in [0.2, 0.25) is 5.91 Å². The summed E-state index contributed by atoms with van der Waals surface area (Å²) < 4.78 is 11.7. The first kappa shape index (κ1) is 16.6. The normalized spacial score (nSPS) is 21.0. The minimum atomic E-state index is -0.727. The van der Waals surface area contributed by atoms with Crippen LogP contribution in [0.15, 0.2) is 17.1 Å². The topological polar surface area (TPSA) is 103 Å². The maximum absolute atomic E-state index is 12.0. The Hall–Kier alpha value is -1.77. The van der Waals surface area contributed by atoms with Crippen LogP contribution < -0.4 is 11.0 Å². The third kappa shape index (κ3) is 4.36. The molecule has 1 aliphatic heterocycles. The Balaban J connectivity index is 1.95. The predicted molar refractivity (Wildman–Crippen MR) is 78.2 cm³/mol. The summed E-state index contributed by atoms with van der Waals surface area (Å²) in [6.07, 6.45) is 3.41. The van der Waals surface area contributed by atoms with Gasteiger partial charge in [-0.05, 0) is 12.5 Å². The molecule has 1 aliphatic rings. The summed E-state index contributed by atoms with van der Waals surface area (Å²) >= 11 is 0. The van der Waals surface area contributed by atoms with E-state index in [9.17, 15) is 9.59 Å². The molecule has 2 heterocycles. The third-order valence-electron chi connectivity index (χ3n) is 3.30. The number of aromatic nitrogens is 2. The Morgan fingerprint density at radius 1 is 1.55 bits per heavy atom. The summed E-state index contributed by atoms with van der Waals surface area (Å²) in [6, 6.07) is 1.54. The predicted octanol–water partition coefficient (Wildman–Crippen LogP) is 0.626. The number of hydrogen-bond acceptors (Lipinski definition) is 6. The standard InChI is InChI=1S/C14H21N3O5/c1-2-3-4-5-11(19)15-10-6-7-17(14(20)16-10)12-9-21-13(8-18)22-12/h6-7,12-13,18H,2-5,8-9H2,1H3,(H,15,16,19,20)/t12-,13-/m0/s1. The van der Waals surface area contributed by atoms with Crippen LogP contribution in [0.5, 0.6) is 0 Å². The zero-order valence-corrected chi connectivity index (χ0v) is 12.5. The lowest BCUT2D eigenvalue weighted by atomic mass is 10.2. The van der Waals surface area contributed by atoms with Crippen molar-refractivity contribution in [3.8, 4) is 0 Å². The van der Waals surface area contributed by atoms with Crippen LogP contribution in [0.4, 0.5) is 5.82 Å². The smallest absolute Gasteiger partial charge is 0.351 e. The van der Waals surface area contributed by atoms with Gasteiger partial charge in [0.1, 0.15) is 5.82 Å². The maximum atomic E-state index is 12.0. The van der Waals surface area contributed by atoms with E-state index in [2.05, 4.69) is 17.2 Å². The highest BCUT2D eigenvalue weighted by molar-refractivity contribution is 5.89. The number of nitrogens with one attached hydrogen (secondary N) is 1. The number of carbonyl (C=O) groups is 1. The summed E-state index contributed by atoms with van der Waals surface area (Å²) in [4.78, 5) is 27.5. The second-order valence-corrected chi connectivity index (χ2v) is 5.04. The molecule has 0 bridgehead atoms. The van der Waals surface area contributed by atoms with Crippen molar-refractivity contribution < 1.29 is 19.4 Å². The number of ether oxygens (including phenoxy) is 2. The van der Waals surface area contributed by atoms with Crippen LogP contribution in [-0.4, -0.2) is 40.1 Å². The van der Waals surface area contributed by atoms with E-state index in [1.807, 2.05) is 0 Å². The van der Waals surface area contributed by atoms with E-state index in [1.165, 1.54) is 16.8 Å². The second-order valence-electron chi connectivity index (χ2n) is 5.04. The van der Waals surface area contributed by atoms with Crippen LogP contribution in [-0.2, 0) is 14.3 Å². The van der Waals surface area contributed by atoms with E-state index in [0.29, 0.717) is 6.42 Å². The van der Waals surface area contributed by atoms with E-state index in [-0.39, 0.29) is 24.9 Å². The van der Waals surface area contributed by atoms with Gasteiger partial charge in [-0.3, -0.25) is 9.36 Å². The lowest BCUT2D eigenvalue weighted by molar-refractivity contribution is -0.116. The first-order chi connectivity index (χ1) is 10.6. The third-order valence-corrected chi connectivity index (χ3v) is 3.30. The molecule has 0 aliphatic carbocycles. The van der Waals surface area contributed by atoms with Gasteiger partial charge in [0, 0.05) is 12.6 Å². The van der Waals surface area contributed by atoms with E-state index in [4.69, 9.17) is 14.6 Å².